The second-order valence-electron chi connectivity index (χ2n) is 5.89. The second-order valence-corrected chi connectivity index (χ2v) is 8.11. The summed E-state index contributed by atoms with van der Waals surface area (Å²) in [4.78, 5) is 20.3. The van der Waals surface area contributed by atoms with Crippen molar-refractivity contribution < 1.29 is 13.2 Å². The van der Waals surface area contributed by atoms with E-state index in [0.717, 1.165) is 0 Å². The van der Waals surface area contributed by atoms with Gasteiger partial charge in [0.1, 0.15) is 0 Å². The van der Waals surface area contributed by atoms with Gasteiger partial charge in [-0.2, -0.15) is 0 Å². The van der Waals surface area contributed by atoms with E-state index in [9.17, 15) is 13.2 Å². The molecule has 1 saturated heterocycles. The van der Waals surface area contributed by atoms with Crippen molar-refractivity contribution in [2.45, 2.75) is 27.2 Å². The van der Waals surface area contributed by atoms with Gasteiger partial charge in [0, 0.05) is 33.2 Å². The molecule has 1 heterocycles. The number of sulfone groups is 1. The van der Waals surface area contributed by atoms with Crippen LogP contribution in [0.3, 0.4) is 0 Å². The monoisotopic (exact) mass is 474 g/mol. The van der Waals surface area contributed by atoms with Crippen LogP contribution >= 0.6 is 24.0 Å². The standard InChI is InChI=1S/C15H30N4O3S.HI/c1-5-16-15(17-10-13-8-9-23(21,22)12-13)18(4)11-14(20)19(6-2)7-3;/h13H,5-12H2,1-4H3,(H,16,17);1H. The minimum Gasteiger partial charge on any atom is -0.357 e. The third-order valence-corrected chi connectivity index (χ3v) is 5.85. The van der Waals surface area contributed by atoms with Gasteiger partial charge in [-0.05, 0) is 33.1 Å². The average Bonchev–Trinajstić information content (AvgIpc) is 2.83. The molecule has 1 aliphatic heterocycles. The van der Waals surface area contributed by atoms with Gasteiger partial charge in [0.25, 0.3) is 0 Å². The van der Waals surface area contributed by atoms with E-state index >= 15 is 0 Å². The molecule has 1 aliphatic rings. The minimum atomic E-state index is -2.88. The summed E-state index contributed by atoms with van der Waals surface area (Å²) < 4.78 is 23.0. The Morgan fingerprint density at radius 2 is 1.88 bits per heavy atom. The highest BCUT2D eigenvalue weighted by atomic mass is 127. The summed E-state index contributed by atoms with van der Waals surface area (Å²) in [5.41, 5.74) is 0. The first kappa shape index (κ1) is 23.4. The van der Waals surface area contributed by atoms with E-state index < -0.39 is 9.84 Å². The lowest BCUT2D eigenvalue weighted by Gasteiger charge is -2.25. The van der Waals surface area contributed by atoms with Crippen LogP contribution in [0.25, 0.3) is 0 Å². The molecule has 1 amide bonds. The van der Waals surface area contributed by atoms with E-state index in [2.05, 4.69) is 10.3 Å². The lowest BCUT2D eigenvalue weighted by Crippen LogP contribution is -2.45. The molecule has 9 heteroatoms. The first-order valence-electron chi connectivity index (χ1n) is 8.30. The summed E-state index contributed by atoms with van der Waals surface area (Å²) in [6.45, 7) is 8.71. The fourth-order valence-electron chi connectivity index (χ4n) is 2.66. The maximum atomic E-state index is 12.2. The van der Waals surface area contributed by atoms with Crippen molar-refractivity contribution in [3.63, 3.8) is 0 Å². The molecule has 0 radical (unpaired) electrons. The predicted octanol–water partition coefficient (Wildman–Crippen LogP) is 0.805. The van der Waals surface area contributed by atoms with E-state index in [-0.39, 0.29) is 53.9 Å². The van der Waals surface area contributed by atoms with Crippen LogP contribution < -0.4 is 5.32 Å². The van der Waals surface area contributed by atoms with Crippen molar-refractivity contribution in [2.75, 3.05) is 51.3 Å². The Hall–Kier alpha value is -0.580. The summed E-state index contributed by atoms with van der Waals surface area (Å²) in [6, 6.07) is 0. The van der Waals surface area contributed by atoms with Crippen molar-refractivity contribution in [3.8, 4) is 0 Å². The SMILES string of the molecule is CCNC(=NCC1CCS(=O)(=O)C1)N(C)CC(=O)N(CC)CC.I. The summed E-state index contributed by atoms with van der Waals surface area (Å²) in [5.74, 6) is 1.28. The molecule has 7 nitrogen and oxygen atoms in total. The van der Waals surface area contributed by atoms with Gasteiger partial charge >= 0.3 is 0 Å². The van der Waals surface area contributed by atoms with E-state index in [0.29, 0.717) is 38.6 Å². The van der Waals surface area contributed by atoms with E-state index in [4.69, 9.17) is 0 Å². The van der Waals surface area contributed by atoms with Crippen LogP contribution in [0.1, 0.15) is 27.2 Å². The molecule has 0 spiro atoms. The fraction of sp³-hybridized carbons (Fsp3) is 0.867. The number of aliphatic imine (C=N–C) groups is 1. The molecular weight excluding hydrogens is 443 g/mol. The number of hydrogen-bond donors (Lipinski definition) is 1. The maximum absolute atomic E-state index is 12.2. The Labute approximate surface area is 163 Å². The highest BCUT2D eigenvalue weighted by Gasteiger charge is 2.27. The Kier molecular flexibility index (Phi) is 10.8. The lowest BCUT2D eigenvalue weighted by atomic mass is 10.1. The van der Waals surface area contributed by atoms with Gasteiger partial charge < -0.3 is 15.1 Å². The van der Waals surface area contributed by atoms with Crippen molar-refractivity contribution in [3.05, 3.63) is 0 Å². The number of nitrogens with one attached hydrogen (secondary N) is 1. The van der Waals surface area contributed by atoms with Crippen LogP contribution in [0, 0.1) is 5.92 Å². The average molecular weight is 474 g/mol. The molecule has 1 fully saturated rings. The Morgan fingerprint density at radius 3 is 2.33 bits per heavy atom. The first-order valence-corrected chi connectivity index (χ1v) is 10.1. The highest BCUT2D eigenvalue weighted by molar-refractivity contribution is 14.0. The number of likely N-dealkylation sites (N-methyl/N-ethyl adjacent to an activating group) is 2. The van der Waals surface area contributed by atoms with Crippen molar-refractivity contribution in [2.24, 2.45) is 10.9 Å². The summed E-state index contributed by atoms with van der Waals surface area (Å²) in [7, 11) is -1.05. The van der Waals surface area contributed by atoms with E-state index in [1.807, 2.05) is 27.8 Å². The Bertz CT molecular complexity index is 521. The van der Waals surface area contributed by atoms with Gasteiger partial charge in [0.05, 0.1) is 18.1 Å². The third-order valence-electron chi connectivity index (χ3n) is 4.01. The number of rotatable bonds is 7. The van der Waals surface area contributed by atoms with Crippen LogP contribution in [0.2, 0.25) is 0 Å². The third kappa shape index (κ3) is 7.54. The molecule has 142 valence electrons. The smallest absolute Gasteiger partial charge is 0.242 e. The Morgan fingerprint density at radius 1 is 1.25 bits per heavy atom. The largest absolute Gasteiger partial charge is 0.357 e. The molecule has 1 unspecified atom stereocenters. The molecule has 1 atom stereocenters. The molecule has 0 saturated carbocycles. The number of halogens is 1. The number of amides is 1. The summed E-state index contributed by atoms with van der Waals surface area (Å²) in [5, 5.41) is 3.16. The van der Waals surface area contributed by atoms with Crippen LogP contribution in [-0.2, 0) is 14.6 Å². The molecule has 1 N–H and O–H groups in total. The van der Waals surface area contributed by atoms with Crippen LogP contribution in [0.15, 0.2) is 4.99 Å². The maximum Gasteiger partial charge on any atom is 0.242 e. The van der Waals surface area contributed by atoms with Gasteiger partial charge in [0.2, 0.25) is 5.91 Å². The van der Waals surface area contributed by atoms with E-state index in [1.165, 1.54) is 0 Å². The summed E-state index contributed by atoms with van der Waals surface area (Å²) in [6.07, 6.45) is 0.674. The second kappa shape index (κ2) is 11.1. The van der Waals surface area contributed by atoms with Gasteiger partial charge in [-0.15, -0.1) is 24.0 Å². The predicted molar refractivity (Wildman–Crippen MR) is 109 cm³/mol. The number of carbonyl (C=O) groups is 1. The Balaban J connectivity index is 0.00000529. The van der Waals surface area contributed by atoms with Gasteiger partial charge in [-0.3, -0.25) is 9.79 Å². The van der Waals surface area contributed by atoms with Crippen molar-refractivity contribution >= 4 is 45.7 Å². The number of hydrogen-bond acceptors (Lipinski definition) is 4. The number of guanidine groups is 1. The molecule has 24 heavy (non-hydrogen) atoms. The molecule has 0 aromatic heterocycles. The number of nitrogens with zero attached hydrogens (tertiary/aromatic N) is 3. The molecule has 0 aromatic carbocycles. The molecule has 0 aromatic rings. The molecule has 0 bridgehead atoms. The molecular formula is C15H31IN4O3S. The topological polar surface area (TPSA) is 82.1 Å². The number of carbonyl (C=O) groups excluding carboxylic acids is 1. The van der Waals surface area contributed by atoms with Gasteiger partial charge in [0.15, 0.2) is 15.8 Å². The minimum absolute atomic E-state index is 0. The molecule has 1 rings (SSSR count). The van der Waals surface area contributed by atoms with Crippen molar-refractivity contribution in [1.82, 2.24) is 15.1 Å². The van der Waals surface area contributed by atoms with Gasteiger partial charge in [-0.25, -0.2) is 8.42 Å². The van der Waals surface area contributed by atoms with Crippen LogP contribution in [0.5, 0.6) is 0 Å². The zero-order valence-corrected chi connectivity index (χ0v) is 18.3. The normalized spacial score (nSPS) is 19.5. The zero-order valence-electron chi connectivity index (χ0n) is 15.1. The quantitative estimate of drug-likeness (QED) is 0.336. The molecule has 0 aliphatic carbocycles. The summed E-state index contributed by atoms with van der Waals surface area (Å²) >= 11 is 0. The zero-order chi connectivity index (χ0) is 17.5. The highest BCUT2D eigenvalue weighted by Crippen LogP contribution is 2.18. The van der Waals surface area contributed by atoms with E-state index in [1.54, 1.807) is 9.80 Å². The van der Waals surface area contributed by atoms with Crippen LogP contribution in [0.4, 0.5) is 0 Å². The first-order chi connectivity index (χ1) is 10.8. The fourth-order valence-corrected chi connectivity index (χ4v) is 4.50. The van der Waals surface area contributed by atoms with Gasteiger partial charge in [-0.1, -0.05) is 0 Å². The van der Waals surface area contributed by atoms with Crippen molar-refractivity contribution in [1.29, 1.82) is 0 Å². The van der Waals surface area contributed by atoms with Crippen LogP contribution in [-0.4, -0.2) is 81.4 Å². The lowest BCUT2D eigenvalue weighted by molar-refractivity contribution is -0.131.